The van der Waals surface area contributed by atoms with Crippen LogP contribution in [0.1, 0.15) is 36.0 Å². The number of halogens is 1. The number of pyridine rings is 1. The van der Waals surface area contributed by atoms with E-state index in [-0.39, 0.29) is 10.7 Å². The fourth-order valence-electron chi connectivity index (χ4n) is 3.30. The highest BCUT2D eigenvalue weighted by Gasteiger charge is 2.29. The SMILES string of the molecule is O=C(O)c1cc(Cl)nc(N2CCC(N3CCCCC3)C2)c1. The molecule has 0 saturated carbocycles. The zero-order valence-corrected chi connectivity index (χ0v) is 12.7. The number of carboxylic acid groups (broad SMARTS) is 1. The molecule has 1 atom stereocenters. The maximum absolute atomic E-state index is 11.1. The van der Waals surface area contributed by atoms with E-state index < -0.39 is 5.97 Å². The number of aromatic carboxylic acids is 1. The Hall–Kier alpha value is -1.33. The molecule has 2 aliphatic rings. The highest BCUT2D eigenvalue weighted by molar-refractivity contribution is 6.29. The molecule has 2 saturated heterocycles. The first-order valence-corrected chi connectivity index (χ1v) is 7.91. The normalized spacial score (nSPS) is 23.5. The van der Waals surface area contributed by atoms with Gasteiger partial charge in [0.05, 0.1) is 5.56 Å². The lowest BCUT2D eigenvalue weighted by Gasteiger charge is -2.32. The van der Waals surface area contributed by atoms with Crippen LogP contribution in [0.15, 0.2) is 12.1 Å². The van der Waals surface area contributed by atoms with E-state index >= 15 is 0 Å². The average molecular weight is 310 g/mol. The van der Waals surface area contributed by atoms with E-state index in [1.165, 1.54) is 38.4 Å². The van der Waals surface area contributed by atoms with Crippen molar-refractivity contribution in [3.05, 3.63) is 22.8 Å². The van der Waals surface area contributed by atoms with E-state index in [9.17, 15) is 4.79 Å². The van der Waals surface area contributed by atoms with E-state index in [4.69, 9.17) is 16.7 Å². The Bertz CT molecular complexity index is 532. The Morgan fingerprint density at radius 3 is 2.71 bits per heavy atom. The number of rotatable bonds is 3. The molecule has 114 valence electrons. The van der Waals surface area contributed by atoms with Gasteiger partial charge in [0, 0.05) is 19.1 Å². The van der Waals surface area contributed by atoms with Crippen LogP contribution in [-0.4, -0.2) is 53.2 Å². The second-order valence-corrected chi connectivity index (χ2v) is 6.21. The average Bonchev–Trinajstić information content (AvgIpc) is 2.97. The van der Waals surface area contributed by atoms with Crippen molar-refractivity contribution < 1.29 is 9.90 Å². The smallest absolute Gasteiger partial charge is 0.335 e. The predicted molar refractivity (Wildman–Crippen MR) is 82.2 cm³/mol. The van der Waals surface area contributed by atoms with Gasteiger partial charge in [-0.2, -0.15) is 0 Å². The largest absolute Gasteiger partial charge is 0.478 e. The molecular formula is C15H20ClN3O2. The van der Waals surface area contributed by atoms with Crippen molar-refractivity contribution in [1.82, 2.24) is 9.88 Å². The third kappa shape index (κ3) is 3.30. The fraction of sp³-hybridized carbons (Fsp3) is 0.600. The minimum absolute atomic E-state index is 0.200. The number of nitrogens with zero attached hydrogens (tertiary/aromatic N) is 3. The molecule has 2 fully saturated rings. The summed E-state index contributed by atoms with van der Waals surface area (Å²) in [5.74, 6) is -0.285. The minimum atomic E-state index is -0.965. The quantitative estimate of drug-likeness (QED) is 0.869. The molecule has 0 spiro atoms. The molecule has 21 heavy (non-hydrogen) atoms. The van der Waals surface area contributed by atoms with Gasteiger partial charge in [-0.25, -0.2) is 9.78 Å². The van der Waals surface area contributed by atoms with Gasteiger partial charge in [-0.3, -0.25) is 4.90 Å². The summed E-state index contributed by atoms with van der Waals surface area (Å²) in [4.78, 5) is 20.1. The number of aromatic nitrogens is 1. The maximum Gasteiger partial charge on any atom is 0.335 e. The van der Waals surface area contributed by atoms with Crippen LogP contribution in [0.2, 0.25) is 5.15 Å². The van der Waals surface area contributed by atoms with Crippen LogP contribution in [0.4, 0.5) is 5.82 Å². The first kappa shape index (κ1) is 14.6. The number of hydrogen-bond acceptors (Lipinski definition) is 4. The highest BCUT2D eigenvalue weighted by Crippen LogP contribution is 2.26. The molecule has 5 nitrogen and oxygen atoms in total. The summed E-state index contributed by atoms with van der Waals surface area (Å²) in [6.45, 7) is 4.18. The van der Waals surface area contributed by atoms with Crippen LogP contribution in [0.5, 0.6) is 0 Å². The molecule has 1 aromatic heterocycles. The van der Waals surface area contributed by atoms with Gasteiger partial charge in [0.15, 0.2) is 0 Å². The molecule has 3 rings (SSSR count). The zero-order chi connectivity index (χ0) is 14.8. The van der Waals surface area contributed by atoms with Crippen molar-refractivity contribution in [3.63, 3.8) is 0 Å². The van der Waals surface area contributed by atoms with Gasteiger partial charge in [-0.05, 0) is 44.5 Å². The van der Waals surface area contributed by atoms with E-state index in [2.05, 4.69) is 14.8 Å². The van der Waals surface area contributed by atoms with E-state index in [1.54, 1.807) is 6.07 Å². The Labute approximate surface area is 129 Å². The number of piperidine rings is 1. The van der Waals surface area contributed by atoms with Gasteiger partial charge in [0.2, 0.25) is 0 Å². The van der Waals surface area contributed by atoms with Crippen molar-refractivity contribution in [2.45, 2.75) is 31.7 Å². The summed E-state index contributed by atoms with van der Waals surface area (Å²) in [6, 6.07) is 3.57. The van der Waals surface area contributed by atoms with Gasteiger partial charge in [0.25, 0.3) is 0 Å². The minimum Gasteiger partial charge on any atom is -0.478 e. The summed E-state index contributed by atoms with van der Waals surface area (Å²) in [5, 5.41) is 9.36. The van der Waals surface area contributed by atoms with E-state index in [1.807, 2.05) is 0 Å². The lowest BCUT2D eigenvalue weighted by Crippen LogP contribution is -2.41. The third-order valence-electron chi connectivity index (χ3n) is 4.42. The molecule has 1 aromatic rings. The van der Waals surface area contributed by atoms with Gasteiger partial charge in [-0.15, -0.1) is 0 Å². The summed E-state index contributed by atoms with van der Waals surface area (Å²) < 4.78 is 0. The van der Waals surface area contributed by atoms with E-state index in [0.717, 1.165) is 19.5 Å². The standard InChI is InChI=1S/C15H20ClN3O2/c16-13-8-11(15(20)21)9-14(17-13)19-7-4-12(10-19)18-5-2-1-3-6-18/h8-9,12H,1-7,10H2,(H,20,21). The number of hydrogen-bond donors (Lipinski definition) is 1. The van der Waals surface area contributed by atoms with Crippen molar-refractivity contribution in [2.75, 3.05) is 31.1 Å². The summed E-state index contributed by atoms with van der Waals surface area (Å²) >= 11 is 5.95. The number of anilines is 1. The van der Waals surface area contributed by atoms with E-state index in [0.29, 0.717) is 11.9 Å². The lowest BCUT2D eigenvalue weighted by molar-refractivity contribution is 0.0697. The number of carbonyl (C=O) groups is 1. The number of likely N-dealkylation sites (tertiary alicyclic amines) is 1. The van der Waals surface area contributed by atoms with Crippen LogP contribution in [0.3, 0.4) is 0 Å². The summed E-state index contributed by atoms with van der Waals surface area (Å²) in [6.07, 6.45) is 5.02. The fourth-order valence-corrected chi connectivity index (χ4v) is 3.50. The van der Waals surface area contributed by atoms with Gasteiger partial charge >= 0.3 is 5.97 Å². The molecule has 6 heteroatoms. The first-order valence-electron chi connectivity index (χ1n) is 7.53. The van der Waals surface area contributed by atoms with Crippen LogP contribution in [-0.2, 0) is 0 Å². The van der Waals surface area contributed by atoms with Crippen molar-refractivity contribution >= 4 is 23.4 Å². The van der Waals surface area contributed by atoms with Crippen LogP contribution in [0, 0.1) is 0 Å². The Balaban J connectivity index is 1.72. The summed E-state index contributed by atoms with van der Waals surface area (Å²) in [5.41, 5.74) is 0.200. The molecule has 1 N–H and O–H groups in total. The first-order chi connectivity index (χ1) is 10.1. The van der Waals surface area contributed by atoms with Crippen molar-refractivity contribution in [3.8, 4) is 0 Å². The molecule has 3 heterocycles. The van der Waals surface area contributed by atoms with Gasteiger partial charge in [-0.1, -0.05) is 18.0 Å². The molecule has 0 radical (unpaired) electrons. The Morgan fingerprint density at radius 2 is 2.00 bits per heavy atom. The molecular weight excluding hydrogens is 290 g/mol. The van der Waals surface area contributed by atoms with Crippen LogP contribution < -0.4 is 4.90 Å². The van der Waals surface area contributed by atoms with Crippen molar-refractivity contribution in [1.29, 1.82) is 0 Å². The molecule has 0 aliphatic carbocycles. The van der Waals surface area contributed by atoms with Gasteiger partial charge < -0.3 is 10.0 Å². The topological polar surface area (TPSA) is 56.7 Å². The highest BCUT2D eigenvalue weighted by atomic mass is 35.5. The van der Waals surface area contributed by atoms with Crippen LogP contribution in [0.25, 0.3) is 0 Å². The van der Waals surface area contributed by atoms with Crippen LogP contribution >= 0.6 is 11.6 Å². The predicted octanol–water partition coefficient (Wildman–Crippen LogP) is 2.50. The molecule has 0 aromatic carbocycles. The summed E-state index contributed by atoms with van der Waals surface area (Å²) in [7, 11) is 0. The monoisotopic (exact) mass is 309 g/mol. The van der Waals surface area contributed by atoms with Gasteiger partial charge in [0.1, 0.15) is 11.0 Å². The molecule has 2 aliphatic heterocycles. The second-order valence-electron chi connectivity index (χ2n) is 5.83. The molecule has 0 bridgehead atoms. The zero-order valence-electron chi connectivity index (χ0n) is 12.0. The second kappa shape index (κ2) is 6.20. The van der Waals surface area contributed by atoms with Crippen molar-refractivity contribution in [2.24, 2.45) is 0 Å². The molecule has 1 unspecified atom stereocenters. The maximum atomic E-state index is 11.1. The number of carboxylic acids is 1. The Kier molecular flexibility index (Phi) is 4.31. The molecule has 0 amide bonds. The Morgan fingerprint density at radius 1 is 1.24 bits per heavy atom. The lowest BCUT2D eigenvalue weighted by atomic mass is 10.1. The third-order valence-corrected chi connectivity index (χ3v) is 4.62.